The van der Waals surface area contributed by atoms with Crippen molar-refractivity contribution in [3.8, 4) is 0 Å². The van der Waals surface area contributed by atoms with E-state index in [0.717, 1.165) is 0 Å². The van der Waals surface area contributed by atoms with Gasteiger partial charge in [0.25, 0.3) is 0 Å². The molecule has 0 saturated heterocycles. The standard InChI is InChI=1S/C7H19P3/c1-5(8)7(9,10)6(2,3)4/h5H,8-10H2,1-4H3. The molecule has 0 aliphatic rings. The predicted molar refractivity (Wildman–Crippen MR) is 60.8 cm³/mol. The van der Waals surface area contributed by atoms with Crippen molar-refractivity contribution < 1.29 is 0 Å². The zero-order valence-corrected chi connectivity index (χ0v) is 10.8. The Morgan fingerprint density at radius 2 is 1.40 bits per heavy atom. The van der Waals surface area contributed by atoms with Gasteiger partial charge in [-0.1, -0.05) is 27.7 Å². The first kappa shape index (κ1) is 11.3. The van der Waals surface area contributed by atoms with Gasteiger partial charge in [-0.15, -0.1) is 27.7 Å². The molecule has 10 heavy (non-hydrogen) atoms. The van der Waals surface area contributed by atoms with E-state index in [1.54, 1.807) is 0 Å². The number of rotatable bonds is 1. The molecule has 0 aromatic heterocycles. The Kier molecular flexibility index (Phi) is 3.78. The second kappa shape index (κ2) is 3.35. The first-order valence-electron chi connectivity index (χ1n) is 3.53. The van der Waals surface area contributed by atoms with Crippen LogP contribution in [0.2, 0.25) is 0 Å². The second-order valence-corrected chi connectivity index (χ2v) is 7.55. The normalized spacial score (nSPS) is 17.1. The lowest BCUT2D eigenvalue weighted by Crippen LogP contribution is -2.37. The average molecular weight is 196 g/mol. The molecule has 0 saturated carbocycles. The van der Waals surface area contributed by atoms with Crippen LogP contribution < -0.4 is 0 Å². The molecular formula is C7H19P3. The van der Waals surface area contributed by atoms with Gasteiger partial charge in [-0.3, -0.25) is 0 Å². The minimum absolute atomic E-state index is 0.234. The van der Waals surface area contributed by atoms with Crippen LogP contribution in [-0.2, 0) is 0 Å². The molecule has 0 N–H and O–H groups in total. The summed E-state index contributed by atoms with van der Waals surface area (Å²) in [6, 6.07) is 0. The summed E-state index contributed by atoms with van der Waals surface area (Å²) in [7, 11) is 8.69. The largest absolute Gasteiger partial charge is 0.133 e. The minimum Gasteiger partial charge on any atom is -0.133 e. The minimum atomic E-state index is 0.234. The molecule has 0 nitrogen and oxygen atoms in total. The lowest BCUT2D eigenvalue weighted by atomic mass is 9.89. The summed E-state index contributed by atoms with van der Waals surface area (Å²) in [5.41, 5.74) is 0.922. The van der Waals surface area contributed by atoms with Crippen molar-refractivity contribution in [2.45, 2.75) is 38.3 Å². The van der Waals surface area contributed by atoms with Gasteiger partial charge in [0.2, 0.25) is 0 Å². The summed E-state index contributed by atoms with van der Waals surface area (Å²) >= 11 is 0. The summed E-state index contributed by atoms with van der Waals surface area (Å²) in [4.78, 5) is 0.234. The quantitative estimate of drug-likeness (QED) is 0.565. The maximum Gasteiger partial charge on any atom is 0.0100 e. The summed E-state index contributed by atoms with van der Waals surface area (Å²) in [6.07, 6.45) is 0. The van der Waals surface area contributed by atoms with E-state index in [1.165, 1.54) is 0 Å². The van der Waals surface area contributed by atoms with Crippen LogP contribution in [0.3, 0.4) is 0 Å². The van der Waals surface area contributed by atoms with E-state index in [1.807, 2.05) is 0 Å². The Morgan fingerprint density at radius 3 is 1.40 bits per heavy atom. The topological polar surface area (TPSA) is 0 Å². The third-order valence-corrected chi connectivity index (χ3v) is 6.16. The highest BCUT2D eigenvalue weighted by Crippen LogP contribution is 2.48. The average Bonchev–Trinajstić information content (AvgIpc) is 1.62. The van der Waals surface area contributed by atoms with Crippen LogP contribution in [0.4, 0.5) is 0 Å². The van der Waals surface area contributed by atoms with E-state index in [9.17, 15) is 0 Å². The van der Waals surface area contributed by atoms with Gasteiger partial charge in [-0.05, 0) is 11.1 Å². The molecule has 0 spiro atoms. The Balaban J connectivity index is 4.40. The molecule has 4 atom stereocenters. The highest BCUT2D eigenvalue weighted by Gasteiger charge is 2.35. The van der Waals surface area contributed by atoms with Crippen molar-refractivity contribution in [1.29, 1.82) is 0 Å². The molecule has 0 aromatic carbocycles. The van der Waals surface area contributed by atoms with Crippen LogP contribution in [-0.4, -0.2) is 10.6 Å². The molecule has 0 heterocycles. The molecule has 0 aliphatic carbocycles. The van der Waals surface area contributed by atoms with Crippen LogP contribution in [0.15, 0.2) is 0 Å². The van der Waals surface area contributed by atoms with E-state index in [0.29, 0.717) is 11.1 Å². The van der Waals surface area contributed by atoms with Gasteiger partial charge in [-0.25, -0.2) is 0 Å². The third-order valence-electron chi connectivity index (χ3n) is 2.05. The molecule has 3 heteroatoms. The van der Waals surface area contributed by atoms with Gasteiger partial charge in [0.05, 0.1) is 0 Å². The lowest BCUT2D eigenvalue weighted by Gasteiger charge is -2.41. The SMILES string of the molecule is CC(P)C(P)(P)C(C)(C)C. The Labute approximate surface area is 71.9 Å². The predicted octanol–water partition coefficient (Wildman–Crippen LogP) is 2.74. The van der Waals surface area contributed by atoms with E-state index in [2.05, 4.69) is 55.4 Å². The summed E-state index contributed by atoms with van der Waals surface area (Å²) in [5, 5.41) is 0. The fraction of sp³-hybridized carbons (Fsp3) is 1.00. The van der Waals surface area contributed by atoms with Gasteiger partial charge in [0, 0.05) is 4.90 Å². The molecule has 4 unspecified atom stereocenters. The molecule has 0 bridgehead atoms. The zero-order valence-electron chi connectivity index (χ0n) is 7.31. The fourth-order valence-electron chi connectivity index (χ4n) is 0.683. The number of hydrogen-bond acceptors (Lipinski definition) is 0. The van der Waals surface area contributed by atoms with Crippen LogP contribution in [0, 0.1) is 5.41 Å². The Bertz CT molecular complexity index is 111. The Morgan fingerprint density at radius 1 is 1.10 bits per heavy atom. The lowest BCUT2D eigenvalue weighted by molar-refractivity contribution is 0.363. The van der Waals surface area contributed by atoms with E-state index < -0.39 is 0 Å². The first-order chi connectivity index (χ1) is 4.19. The molecule has 0 rings (SSSR count). The molecule has 0 amide bonds. The van der Waals surface area contributed by atoms with Crippen LogP contribution >= 0.6 is 27.7 Å². The maximum absolute atomic E-state index is 2.92. The van der Waals surface area contributed by atoms with Crippen molar-refractivity contribution >= 4 is 27.7 Å². The maximum atomic E-state index is 2.92. The molecule has 0 fully saturated rings. The van der Waals surface area contributed by atoms with E-state index in [-0.39, 0.29) is 4.90 Å². The smallest absolute Gasteiger partial charge is 0.0100 e. The van der Waals surface area contributed by atoms with Crippen LogP contribution in [0.1, 0.15) is 27.7 Å². The summed E-state index contributed by atoms with van der Waals surface area (Å²) < 4.78 is 0. The molecule has 62 valence electrons. The van der Waals surface area contributed by atoms with Gasteiger partial charge in [0.1, 0.15) is 0 Å². The second-order valence-electron chi connectivity index (χ2n) is 3.97. The molecule has 0 radical (unpaired) electrons. The van der Waals surface area contributed by atoms with Crippen LogP contribution in [0.5, 0.6) is 0 Å². The molecule has 0 aromatic rings. The fourth-order valence-corrected chi connectivity index (χ4v) is 1.18. The molecular weight excluding hydrogens is 177 g/mol. The van der Waals surface area contributed by atoms with Crippen molar-refractivity contribution in [2.24, 2.45) is 5.41 Å². The zero-order chi connectivity index (χ0) is 8.58. The van der Waals surface area contributed by atoms with Crippen LogP contribution in [0.25, 0.3) is 0 Å². The van der Waals surface area contributed by atoms with E-state index >= 15 is 0 Å². The van der Waals surface area contributed by atoms with Gasteiger partial charge in [-0.2, -0.15) is 0 Å². The van der Waals surface area contributed by atoms with Gasteiger partial charge in [0.15, 0.2) is 0 Å². The van der Waals surface area contributed by atoms with Gasteiger partial charge < -0.3 is 0 Å². The highest BCUT2D eigenvalue weighted by molar-refractivity contribution is 7.42. The monoisotopic (exact) mass is 196 g/mol. The van der Waals surface area contributed by atoms with Crippen molar-refractivity contribution in [3.63, 3.8) is 0 Å². The van der Waals surface area contributed by atoms with Crippen molar-refractivity contribution in [2.75, 3.05) is 0 Å². The number of hydrogen-bond donors (Lipinski definition) is 0. The van der Waals surface area contributed by atoms with E-state index in [4.69, 9.17) is 0 Å². The summed E-state index contributed by atoms with van der Waals surface area (Å²) in [5.74, 6) is 0. The summed E-state index contributed by atoms with van der Waals surface area (Å²) in [6.45, 7) is 8.99. The van der Waals surface area contributed by atoms with Gasteiger partial charge >= 0.3 is 0 Å². The first-order valence-corrected chi connectivity index (χ1v) is 5.35. The third kappa shape index (κ3) is 2.41. The van der Waals surface area contributed by atoms with Crippen molar-refractivity contribution in [1.82, 2.24) is 0 Å². The Hall–Kier alpha value is 1.29. The van der Waals surface area contributed by atoms with Crippen molar-refractivity contribution in [3.05, 3.63) is 0 Å². The highest BCUT2D eigenvalue weighted by atomic mass is 31.1. The molecule has 0 aliphatic heterocycles.